The lowest BCUT2D eigenvalue weighted by atomic mass is 10.0. The number of halogens is 1. The van der Waals surface area contributed by atoms with Crippen molar-refractivity contribution in [3.8, 4) is 0 Å². The molecule has 0 saturated heterocycles. The van der Waals surface area contributed by atoms with Crippen molar-refractivity contribution >= 4 is 28.6 Å². The van der Waals surface area contributed by atoms with Gasteiger partial charge in [0.05, 0.1) is 10.6 Å². The lowest BCUT2D eigenvalue weighted by Crippen LogP contribution is -2.03. The third kappa shape index (κ3) is 1.43. The highest BCUT2D eigenvalue weighted by Gasteiger charge is 2.46. The molecule has 1 aliphatic rings. The molecule has 0 aliphatic heterocycles. The normalized spacial score (nSPS) is 16.8. The maximum Gasteiger partial charge on any atom is 0.235 e. The number of aryl methyl sites for hydroxylation is 1. The van der Waals surface area contributed by atoms with Crippen LogP contribution in [0.15, 0.2) is 29.4 Å². The molecule has 0 bridgehead atoms. The number of nitrogens with zero attached hydrogens (tertiary/aromatic N) is 2. The first-order valence-corrected chi connectivity index (χ1v) is 5.89. The van der Waals surface area contributed by atoms with Crippen molar-refractivity contribution in [1.82, 2.24) is 4.57 Å². The zero-order valence-electron chi connectivity index (χ0n) is 9.40. The Kier molecular flexibility index (Phi) is 2.15. The topological polar surface area (TPSA) is 34.4 Å². The smallest absolute Gasteiger partial charge is 0.235 e. The molecule has 4 heteroatoms. The van der Waals surface area contributed by atoms with Gasteiger partial charge in [-0.25, -0.2) is 4.79 Å². The zero-order valence-corrected chi connectivity index (χ0v) is 10.2. The molecule has 0 unspecified atom stereocenters. The molecule has 86 valence electrons. The maximum absolute atomic E-state index is 10.5. The van der Waals surface area contributed by atoms with E-state index in [0.29, 0.717) is 5.02 Å². The van der Waals surface area contributed by atoms with Crippen molar-refractivity contribution in [2.45, 2.75) is 18.4 Å². The van der Waals surface area contributed by atoms with Gasteiger partial charge in [-0.05, 0) is 30.5 Å². The summed E-state index contributed by atoms with van der Waals surface area (Å²) in [6.45, 7) is 0. The van der Waals surface area contributed by atoms with Crippen molar-refractivity contribution in [3.05, 3.63) is 35.0 Å². The van der Waals surface area contributed by atoms with Crippen LogP contribution >= 0.6 is 11.6 Å². The van der Waals surface area contributed by atoms with Crippen LogP contribution in [-0.4, -0.2) is 10.6 Å². The van der Waals surface area contributed by atoms with Crippen LogP contribution in [0.1, 0.15) is 18.4 Å². The quantitative estimate of drug-likeness (QED) is 0.592. The number of aromatic nitrogens is 1. The Hall–Kier alpha value is -1.57. The Labute approximate surface area is 104 Å². The molecule has 1 fully saturated rings. The summed E-state index contributed by atoms with van der Waals surface area (Å²) in [6.07, 6.45) is 5.39. The van der Waals surface area contributed by atoms with Gasteiger partial charge in [-0.3, -0.25) is 0 Å². The van der Waals surface area contributed by atoms with Gasteiger partial charge in [0.1, 0.15) is 0 Å². The summed E-state index contributed by atoms with van der Waals surface area (Å²) < 4.78 is 2.02. The molecule has 1 heterocycles. The van der Waals surface area contributed by atoms with Gasteiger partial charge in [-0.2, -0.15) is 4.99 Å². The first-order valence-electron chi connectivity index (χ1n) is 5.51. The lowest BCUT2D eigenvalue weighted by Gasteiger charge is -2.11. The van der Waals surface area contributed by atoms with E-state index in [9.17, 15) is 4.79 Å². The minimum absolute atomic E-state index is 0.400. The van der Waals surface area contributed by atoms with E-state index < -0.39 is 5.54 Å². The summed E-state index contributed by atoms with van der Waals surface area (Å²) in [5.41, 5.74) is 1.63. The van der Waals surface area contributed by atoms with E-state index in [-0.39, 0.29) is 0 Å². The van der Waals surface area contributed by atoms with Crippen LogP contribution in [0.2, 0.25) is 5.02 Å². The van der Waals surface area contributed by atoms with Crippen LogP contribution in [0.5, 0.6) is 0 Å². The number of benzene rings is 1. The Bertz CT molecular complexity index is 649. The molecular formula is C13H11ClN2O. The molecule has 0 spiro atoms. The van der Waals surface area contributed by atoms with E-state index in [1.807, 2.05) is 36.0 Å². The van der Waals surface area contributed by atoms with Crippen molar-refractivity contribution in [2.24, 2.45) is 12.0 Å². The zero-order chi connectivity index (χ0) is 12.0. The SMILES string of the molecule is Cn1ccc2c(Cl)c(C3(N=C=O)CC3)ccc21. The van der Waals surface area contributed by atoms with Crippen molar-refractivity contribution in [3.63, 3.8) is 0 Å². The number of carbonyl (C=O) groups excluding carboxylic acids is 1. The van der Waals surface area contributed by atoms with E-state index in [4.69, 9.17) is 11.6 Å². The highest BCUT2D eigenvalue weighted by Crippen LogP contribution is 2.52. The van der Waals surface area contributed by atoms with Crippen molar-refractivity contribution < 1.29 is 4.79 Å². The minimum atomic E-state index is -0.400. The van der Waals surface area contributed by atoms with E-state index in [2.05, 4.69) is 4.99 Å². The van der Waals surface area contributed by atoms with Gasteiger partial charge >= 0.3 is 0 Å². The molecular weight excluding hydrogens is 236 g/mol. The summed E-state index contributed by atoms with van der Waals surface area (Å²) in [4.78, 5) is 14.4. The Balaban J connectivity index is 2.25. The highest BCUT2D eigenvalue weighted by molar-refractivity contribution is 6.36. The second-order valence-corrected chi connectivity index (χ2v) is 4.90. The largest absolute Gasteiger partial charge is 0.351 e. The van der Waals surface area contributed by atoms with Crippen molar-refractivity contribution in [2.75, 3.05) is 0 Å². The Morgan fingerprint density at radius 1 is 1.41 bits per heavy atom. The number of rotatable bonds is 2. The molecule has 0 atom stereocenters. The third-order valence-corrected chi connectivity index (χ3v) is 3.89. The highest BCUT2D eigenvalue weighted by atomic mass is 35.5. The summed E-state index contributed by atoms with van der Waals surface area (Å²) >= 11 is 6.41. The van der Waals surface area contributed by atoms with Gasteiger partial charge < -0.3 is 4.57 Å². The Morgan fingerprint density at radius 3 is 2.82 bits per heavy atom. The van der Waals surface area contributed by atoms with E-state index in [0.717, 1.165) is 29.3 Å². The first kappa shape index (κ1) is 10.6. The van der Waals surface area contributed by atoms with Gasteiger partial charge in [0, 0.05) is 24.1 Å². The molecule has 0 radical (unpaired) electrons. The third-order valence-electron chi connectivity index (χ3n) is 3.49. The second-order valence-electron chi connectivity index (χ2n) is 4.52. The number of fused-ring (bicyclic) bond motifs is 1. The van der Waals surface area contributed by atoms with Crippen LogP contribution in [0, 0.1) is 0 Å². The molecule has 3 nitrogen and oxygen atoms in total. The van der Waals surface area contributed by atoms with E-state index >= 15 is 0 Å². The predicted octanol–water partition coefficient (Wildman–Crippen LogP) is 3.16. The van der Waals surface area contributed by atoms with E-state index in [1.165, 1.54) is 0 Å². The van der Waals surface area contributed by atoms with Gasteiger partial charge in [-0.15, -0.1) is 0 Å². The summed E-state index contributed by atoms with van der Waals surface area (Å²) in [5, 5.41) is 1.72. The molecule has 3 rings (SSSR count). The fraction of sp³-hybridized carbons (Fsp3) is 0.308. The second kappa shape index (κ2) is 3.46. The molecule has 1 aliphatic carbocycles. The molecule has 0 amide bonds. The lowest BCUT2D eigenvalue weighted by molar-refractivity contribution is 0.556. The average Bonchev–Trinajstić information content (AvgIpc) is 2.98. The summed E-state index contributed by atoms with van der Waals surface area (Å²) in [6, 6.07) is 5.98. The van der Waals surface area contributed by atoms with Gasteiger partial charge in [0.2, 0.25) is 6.08 Å². The number of hydrogen-bond acceptors (Lipinski definition) is 2. The molecule has 2 aromatic rings. The molecule has 0 N–H and O–H groups in total. The summed E-state index contributed by atoms with van der Waals surface area (Å²) in [7, 11) is 1.98. The fourth-order valence-electron chi connectivity index (χ4n) is 2.32. The fourth-order valence-corrected chi connectivity index (χ4v) is 2.72. The van der Waals surface area contributed by atoms with Crippen LogP contribution < -0.4 is 0 Å². The predicted molar refractivity (Wildman–Crippen MR) is 67.0 cm³/mol. The summed E-state index contributed by atoms with van der Waals surface area (Å²) in [5.74, 6) is 0. The first-order chi connectivity index (χ1) is 8.18. The van der Waals surface area contributed by atoms with Crippen LogP contribution in [0.3, 0.4) is 0 Å². The Morgan fingerprint density at radius 2 is 2.18 bits per heavy atom. The van der Waals surface area contributed by atoms with E-state index in [1.54, 1.807) is 6.08 Å². The van der Waals surface area contributed by atoms with Gasteiger partial charge in [0.15, 0.2) is 0 Å². The van der Waals surface area contributed by atoms with Crippen LogP contribution in [0.4, 0.5) is 0 Å². The maximum atomic E-state index is 10.5. The van der Waals surface area contributed by atoms with Crippen molar-refractivity contribution in [1.29, 1.82) is 0 Å². The van der Waals surface area contributed by atoms with Crippen LogP contribution in [-0.2, 0) is 17.4 Å². The monoisotopic (exact) mass is 246 g/mol. The number of aliphatic imine (C=N–C) groups is 1. The number of isocyanates is 1. The average molecular weight is 247 g/mol. The van der Waals surface area contributed by atoms with Crippen LogP contribution in [0.25, 0.3) is 10.9 Å². The molecule has 1 aromatic carbocycles. The minimum Gasteiger partial charge on any atom is -0.351 e. The number of hydrogen-bond donors (Lipinski definition) is 0. The van der Waals surface area contributed by atoms with Gasteiger partial charge in [-0.1, -0.05) is 17.7 Å². The van der Waals surface area contributed by atoms with Gasteiger partial charge in [0.25, 0.3) is 0 Å². The molecule has 17 heavy (non-hydrogen) atoms. The molecule has 1 saturated carbocycles. The molecule has 1 aromatic heterocycles. The standard InChI is InChI=1S/C13H11ClN2O/c1-16-7-4-9-11(16)3-2-10(12(9)14)13(5-6-13)15-8-17/h2-4,7H,5-6H2,1H3.